The zero-order valence-electron chi connectivity index (χ0n) is 9.63. The first-order valence-electron chi connectivity index (χ1n) is 5.87. The summed E-state index contributed by atoms with van der Waals surface area (Å²) in [6.07, 6.45) is 3.60. The molecule has 1 aliphatic heterocycles. The number of benzene rings is 1. The van der Waals surface area contributed by atoms with Gasteiger partial charge in [-0.3, -0.25) is 0 Å². The molecule has 1 aliphatic rings. The van der Waals surface area contributed by atoms with Crippen molar-refractivity contribution in [1.29, 1.82) is 5.26 Å². The maximum Gasteiger partial charge on any atom is 0.489 e. The van der Waals surface area contributed by atoms with Gasteiger partial charge in [0.2, 0.25) is 0 Å². The summed E-state index contributed by atoms with van der Waals surface area (Å²) in [7, 11) is -1.58. The van der Waals surface area contributed by atoms with Crippen LogP contribution in [0.15, 0.2) is 18.2 Å². The highest BCUT2D eigenvalue weighted by Gasteiger charge is 2.18. The second kappa shape index (κ2) is 5.22. The van der Waals surface area contributed by atoms with E-state index >= 15 is 0 Å². The van der Waals surface area contributed by atoms with Gasteiger partial charge in [-0.1, -0.05) is 6.07 Å². The van der Waals surface area contributed by atoms with Crippen molar-refractivity contribution < 1.29 is 10.0 Å². The van der Waals surface area contributed by atoms with Crippen molar-refractivity contribution in [2.24, 2.45) is 0 Å². The van der Waals surface area contributed by atoms with Crippen molar-refractivity contribution in [1.82, 2.24) is 0 Å². The lowest BCUT2D eigenvalue weighted by Crippen LogP contribution is -2.34. The van der Waals surface area contributed by atoms with Gasteiger partial charge in [0.1, 0.15) is 0 Å². The molecule has 1 aromatic carbocycles. The number of anilines is 1. The predicted octanol–water partition coefficient (Wildman–Crippen LogP) is 0.228. The lowest BCUT2D eigenvalue weighted by molar-refractivity contribution is 0.425. The molecule has 2 N–H and O–H groups in total. The van der Waals surface area contributed by atoms with E-state index in [0.717, 1.165) is 18.8 Å². The first-order valence-corrected chi connectivity index (χ1v) is 5.87. The Kier molecular flexibility index (Phi) is 3.67. The average molecular weight is 230 g/mol. The van der Waals surface area contributed by atoms with Gasteiger partial charge in [-0.15, -0.1) is 0 Å². The van der Waals surface area contributed by atoms with E-state index in [0.29, 0.717) is 5.56 Å². The zero-order chi connectivity index (χ0) is 12.3. The van der Waals surface area contributed by atoms with Gasteiger partial charge in [0.15, 0.2) is 0 Å². The van der Waals surface area contributed by atoms with Crippen LogP contribution in [0.1, 0.15) is 24.8 Å². The molecule has 0 spiro atoms. The quantitative estimate of drug-likeness (QED) is 0.713. The Balaban J connectivity index is 2.28. The molecule has 0 radical (unpaired) electrons. The monoisotopic (exact) mass is 230 g/mol. The van der Waals surface area contributed by atoms with Gasteiger partial charge in [-0.05, 0) is 36.9 Å². The molecule has 1 saturated heterocycles. The van der Waals surface area contributed by atoms with Crippen LogP contribution in [0.2, 0.25) is 0 Å². The first kappa shape index (κ1) is 12.0. The van der Waals surface area contributed by atoms with Gasteiger partial charge >= 0.3 is 7.12 Å². The first-order chi connectivity index (χ1) is 8.22. The summed E-state index contributed by atoms with van der Waals surface area (Å²) in [5.74, 6) is 0. The molecule has 0 unspecified atom stereocenters. The van der Waals surface area contributed by atoms with Gasteiger partial charge in [0, 0.05) is 18.8 Å². The Hall–Kier alpha value is -1.51. The number of hydrogen-bond acceptors (Lipinski definition) is 4. The van der Waals surface area contributed by atoms with E-state index in [4.69, 9.17) is 15.3 Å². The summed E-state index contributed by atoms with van der Waals surface area (Å²) in [6, 6.07) is 7.21. The van der Waals surface area contributed by atoms with E-state index < -0.39 is 7.12 Å². The third-order valence-corrected chi connectivity index (χ3v) is 3.16. The van der Waals surface area contributed by atoms with E-state index in [9.17, 15) is 0 Å². The fourth-order valence-corrected chi connectivity index (χ4v) is 2.22. The summed E-state index contributed by atoms with van der Waals surface area (Å²) in [6.45, 7) is 2.01. The van der Waals surface area contributed by atoms with Crippen molar-refractivity contribution in [3.05, 3.63) is 23.8 Å². The lowest BCUT2D eigenvalue weighted by Gasteiger charge is -2.29. The molecule has 0 aliphatic carbocycles. The van der Waals surface area contributed by atoms with Crippen molar-refractivity contribution in [2.45, 2.75) is 19.3 Å². The Bertz CT molecular complexity index is 437. The highest BCUT2D eigenvalue weighted by Crippen LogP contribution is 2.20. The maximum absolute atomic E-state index is 9.13. The van der Waals surface area contributed by atoms with Crippen LogP contribution in [0.25, 0.3) is 0 Å². The van der Waals surface area contributed by atoms with Gasteiger partial charge in [0.05, 0.1) is 11.6 Å². The lowest BCUT2D eigenvalue weighted by atomic mass is 9.77. The van der Waals surface area contributed by atoms with Crippen molar-refractivity contribution in [3.8, 4) is 6.07 Å². The van der Waals surface area contributed by atoms with Crippen molar-refractivity contribution in [3.63, 3.8) is 0 Å². The standard InChI is InChI=1S/C12H15BN2O2/c14-9-10-8-11(4-5-12(10)13(16)17)15-6-2-1-3-7-15/h4-5,8,16-17H,1-3,6-7H2. The fourth-order valence-electron chi connectivity index (χ4n) is 2.22. The molecule has 4 nitrogen and oxygen atoms in total. The molecule has 0 atom stereocenters. The van der Waals surface area contributed by atoms with Gasteiger partial charge < -0.3 is 14.9 Å². The molecule has 88 valence electrons. The molecule has 17 heavy (non-hydrogen) atoms. The normalized spacial score (nSPS) is 15.5. The molecule has 1 aromatic rings. The fraction of sp³-hybridized carbons (Fsp3) is 0.417. The number of piperidine rings is 1. The van der Waals surface area contributed by atoms with E-state index in [1.807, 2.05) is 12.1 Å². The smallest absolute Gasteiger partial charge is 0.423 e. The summed E-state index contributed by atoms with van der Waals surface area (Å²) in [4.78, 5) is 2.23. The molecule has 0 bridgehead atoms. The molecule has 0 saturated carbocycles. The molecular weight excluding hydrogens is 215 g/mol. The Labute approximate surface area is 101 Å². The van der Waals surface area contributed by atoms with E-state index in [2.05, 4.69) is 4.90 Å². The summed E-state index contributed by atoms with van der Waals surface area (Å²) in [5, 5.41) is 27.3. The summed E-state index contributed by atoms with van der Waals surface area (Å²) >= 11 is 0. The summed E-state index contributed by atoms with van der Waals surface area (Å²) in [5.41, 5.74) is 1.60. The van der Waals surface area contributed by atoms with Crippen molar-refractivity contribution >= 4 is 18.3 Å². The molecule has 2 rings (SSSR count). The van der Waals surface area contributed by atoms with Crippen LogP contribution in [-0.4, -0.2) is 30.3 Å². The number of nitrogens with zero attached hydrogens (tertiary/aromatic N) is 2. The number of hydrogen-bond donors (Lipinski definition) is 2. The number of rotatable bonds is 2. The minimum atomic E-state index is -1.58. The Morgan fingerprint density at radius 3 is 2.47 bits per heavy atom. The Morgan fingerprint density at radius 1 is 1.18 bits per heavy atom. The second-order valence-corrected chi connectivity index (χ2v) is 4.30. The Morgan fingerprint density at radius 2 is 1.88 bits per heavy atom. The highest BCUT2D eigenvalue weighted by molar-refractivity contribution is 6.59. The van der Waals surface area contributed by atoms with Crippen LogP contribution >= 0.6 is 0 Å². The predicted molar refractivity (Wildman–Crippen MR) is 67.0 cm³/mol. The molecule has 1 heterocycles. The summed E-state index contributed by atoms with van der Waals surface area (Å²) < 4.78 is 0. The average Bonchev–Trinajstić information content (AvgIpc) is 2.39. The van der Waals surface area contributed by atoms with Gasteiger partial charge in [0.25, 0.3) is 0 Å². The van der Waals surface area contributed by atoms with Gasteiger partial charge in [-0.2, -0.15) is 5.26 Å². The second-order valence-electron chi connectivity index (χ2n) is 4.30. The minimum Gasteiger partial charge on any atom is -0.423 e. The number of nitriles is 1. The van der Waals surface area contributed by atoms with Crippen LogP contribution < -0.4 is 10.4 Å². The van der Waals surface area contributed by atoms with Crippen LogP contribution in [0.4, 0.5) is 5.69 Å². The van der Waals surface area contributed by atoms with Crippen LogP contribution in [0.3, 0.4) is 0 Å². The molecular formula is C12H15BN2O2. The topological polar surface area (TPSA) is 67.5 Å². The molecule has 1 fully saturated rings. The van der Waals surface area contributed by atoms with Crippen LogP contribution in [0.5, 0.6) is 0 Å². The van der Waals surface area contributed by atoms with E-state index in [-0.39, 0.29) is 5.46 Å². The van der Waals surface area contributed by atoms with Crippen molar-refractivity contribution in [2.75, 3.05) is 18.0 Å². The van der Waals surface area contributed by atoms with Gasteiger partial charge in [-0.25, -0.2) is 0 Å². The zero-order valence-corrected chi connectivity index (χ0v) is 9.63. The SMILES string of the molecule is N#Cc1cc(N2CCCCC2)ccc1B(O)O. The third kappa shape index (κ3) is 2.60. The third-order valence-electron chi connectivity index (χ3n) is 3.16. The largest absolute Gasteiger partial charge is 0.489 e. The molecule has 0 amide bonds. The molecule has 0 aromatic heterocycles. The van der Waals surface area contributed by atoms with Crippen LogP contribution in [0, 0.1) is 11.3 Å². The van der Waals surface area contributed by atoms with E-state index in [1.165, 1.54) is 19.3 Å². The molecule has 5 heteroatoms. The minimum absolute atomic E-state index is 0.272. The van der Waals surface area contributed by atoms with E-state index in [1.54, 1.807) is 12.1 Å². The maximum atomic E-state index is 9.13. The van der Waals surface area contributed by atoms with Crippen LogP contribution in [-0.2, 0) is 0 Å². The highest BCUT2D eigenvalue weighted by atomic mass is 16.4.